The Balaban J connectivity index is 1.40. The van der Waals surface area contributed by atoms with Gasteiger partial charge in [-0.3, -0.25) is 9.00 Å². The van der Waals surface area contributed by atoms with Crippen LogP contribution in [0.4, 0.5) is 11.5 Å². The Labute approximate surface area is 207 Å². The largest absolute Gasteiger partial charge is 0.383 e. The molecule has 0 radical (unpaired) electrons. The first-order valence-electron chi connectivity index (χ1n) is 11.7. The van der Waals surface area contributed by atoms with E-state index in [1.807, 2.05) is 79.7 Å². The van der Waals surface area contributed by atoms with E-state index in [0.717, 1.165) is 50.9 Å². The number of benzene rings is 3. The molecule has 7 heteroatoms. The molecule has 1 fully saturated rings. The molecule has 0 spiro atoms. The molecule has 0 bridgehead atoms. The zero-order valence-corrected chi connectivity index (χ0v) is 20.3. The zero-order valence-electron chi connectivity index (χ0n) is 19.5. The van der Waals surface area contributed by atoms with Crippen LogP contribution < -0.4 is 16.4 Å². The Hall–Kier alpha value is -3.71. The maximum atomic E-state index is 13.5. The number of carbonyl (C=O) groups excluding carboxylic acids is 1. The van der Waals surface area contributed by atoms with Crippen molar-refractivity contribution in [2.45, 2.75) is 42.5 Å². The van der Waals surface area contributed by atoms with Crippen molar-refractivity contribution in [3.05, 3.63) is 95.7 Å². The van der Waals surface area contributed by atoms with Gasteiger partial charge in [-0.1, -0.05) is 48.0 Å². The third kappa shape index (κ3) is 5.20. The normalized spacial score (nSPS) is 14.9. The van der Waals surface area contributed by atoms with Crippen LogP contribution in [0, 0.1) is 6.92 Å². The third-order valence-corrected chi connectivity index (χ3v) is 8.12. The van der Waals surface area contributed by atoms with Gasteiger partial charge in [-0.25, -0.2) is 4.98 Å². The predicted octanol–water partition coefficient (Wildman–Crippen LogP) is 4.87. The minimum atomic E-state index is -1.03. The van der Waals surface area contributed by atoms with Crippen LogP contribution in [0.15, 0.2) is 83.9 Å². The number of anilines is 2. The van der Waals surface area contributed by atoms with E-state index in [1.165, 1.54) is 0 Å². The summed E-state index contributed by atoms with van der Waals surface area (Å²) >= 11 is 0. The number of hydrogen-bond acceptors (Lipinski definition) is 5. The molecule has 0 saturated heterocycles. The number of aryl methyl sites for hydroxylation is 1. The summed E-state index contributed by atoms with van der Waals surface area (Å²) in [6, 6.07) is 22.7. The maximum Gasteiger partial charge on any atom is 0.247 e. The summed E-state index contributed by atoms with van der Waals surface area (Å²) < 4.78 is 12.8. The lowest BCUT2D eigenvalue weighted by atomic mass is 10.0. The molecule has 4 N–H and O–H groups in total. The fraction of sp³-hybridized carbons (Fsp3) is 0.214. The number of nitrogens with two attached hydrogens (primary N) is 1. The number of nitrogen functional groups attached to an aromatic ring is 1. The lowest BCUT2D eigenvalue weighted by Gasteiger charge is -2.21. The van der Waals surface area contributed by atoms with Gasteiger partial charge in [0.05, 0.1) is 10.8 Å². The molecule has 1 aliphatic rings. The van der Waals surface area contributed by atoms with Crippen molar-refractivity contribution in [1.29, 1.82) is 0 Å². The van der Waals surface area contributed by atoms with Crippen LogP contribution in [0.3, 0.4) is 0 Å². The molecule has 0 aliphatic heterocycles. The molecule has 35 heavy (non-hydrogen) atoms. The van der Waals surface area contributed by atoms with Gasteiger partial charge in [-0.15, -0.1) is 0 Å². The lowest BCUT2D eigenvalue weighted by molar-refractivity contribution is -0.122. The summed E-state index contributed by atoms with van der Waals surface area (Å²) in [6.07, 6.45) is 3.68. The van der Waals surface area contributed by atoms with Crippen LogP contribution in [-0.2, 0) is 22.1 Å². The van der Waals surface area contributed by atoms with Crippen molar-refractivity contribution >= 4 is 39.0 Å². The molecular weight excluding hydrogens is 456 g/mol. The highest BCUT2D eigenvalue weighted by Crippen LogP contribution is 2.32. The van der Waals surface area contributed by atoms with E-state index in [2.05, 4.69) is 15.6 Å². The highest BCUT2D eigenvalue weighted by molar-refractivity contribution is 7.86. The number of carbonyl (C=O) groups is 1. The summed E-state index contributed by atoms with van der Waals surface area (Å²) in [5.74, 6) is 0.321. The van der Waals surface area contributed by atoms with Crippen molar-refractivity contribution in [3.8, 4) is 0 Å². The van der Waals surface area contributed by atoms with Crippen molar-refractivity contribution in [3.63, 3.8) is 0 Å². The molecule has 1 aromatic heterocycles. The van der Waals surface area contributed by atoms with E-state index in [4.69, 9.17) is 5.73 Å². The third-order valence-electron chi connectivity index (χ3n) is 6.21. The number of fused-ring (bicyclic) bond motifs is 1. The Morgan fingerprint density at radius 2 is 1.91 bits per heavy atom. The minimum absolute atomic E-state index is 0.156. The van der Waals surface area contributed by atoms with Gasteiger partial charge in [0.15, 0.2) is 0 Å². The van der Waals surface area contributed by atoms with Crippen LogP contribution in [0.5, 0.6) is 0 Å². The van der Waals surface area contributed by atoms with E-state index in [0.29, 0.717) is 12.4 Å². The van der Waals surface area contributed by atoms with Gasteiger partial charge in [0.2, 0.25) is 5.91 Å². The van der Waals surface area contributed by atoms with Crippen molar-refractivity contribution in [2.24, 2.45) is 0 Å². The molecule has 2 unspecified atom stereocenters. The van der Waals surface area contributed by atoms with Gasteiger partial charge in [-0.05, 0) is 66.6 Å². The molecule has 2 atom stereocenters. The van der Waals surface area contributed by atoms with Gasteiger partial charge in [0.1, 0.15) is 11.9 Å². The molecule has 1 aliphatic carbocycles. The molecule has 178 valence electrons. The number of hydrogen-bond donors (Lipinski definition) is 3. The van der Waals surface area contributed by atoms with Gasteiger partial charge < -0.3 is 16.4 Å². The molecule has 4 aromatic rings. The van der Waals surface area contributed by atoms with Crippen LogP contribution in [0.25, 0.3) is 10.8 Å². The van der Waals surface area contributed by atoms with Gasteiger partial charge in [-0.2, -0.15) is 0 Å². The van der Waals surface area contributed by atoms with Gasteiger partial charge in [0.25, 0.3) is 0 Å². The van der Waals surface area contributed by atoms with Crippen LogP contribution >= 0.6 is 0 Å². The second-order valence-corrected chi connectivity index (χ2v) is 10.6. The monoisotopic (exact) mass is 484 g/mol. The number of nitrogens with zero attached hydrogens (tertiary/aromatic N) is 1. The van der Waals surface area contributed by atoms with Gasteiger partial charge in [0, 0.05) is 34.0 Å². The number of amides is 1. The number of rotatable bonds is 8. The van der Waals surface area contributed by atoms with Gasteiger partial charge >= 0.3 is 0 Å². The molecule has 5 rings (SSSR count). The van der Waals surface area contributed by atoms with E-state index in [9.17, 15) is 9.00 Å². The highest BCUT2D eigenvalue weighted by Gasteiger charge is 2.30. The SMILES string of the molecule is Cc1cccc(C(Nc2ccc3c(N)nccc3c2)C(=O)NCc2ccccc2S(=O)C2CC2)c1. The predicted molar refractivity (Wildman–Crippen MR) is 141 cm³/mol. The Morgan fingerprint density at radius 1 is 1.09 bits per heavy atom. The first kappa shape index (κ1) is 23.1. The second kappa shape index (κ2) is 9.88. The molecule has 3 aromatic carbocycles. The summed E-state index contributed by atoms with van der Waals surface area (Å²) in [5, 5.41) is 8.53. The quantitative estimate of drug-likeness (QED) is 0.332. The number of aromatic nitrogens is 1. The zero-order chi connectivity index (χ0) is 24.4. The molecule has 1 amide bonds. The van der Waals surface area contributed by atoms with E-state index >= 15 is 0 Å². The van der Waals surface area contributed by atoms with Crippen LogP contribution in [-0.4, -0.2) is 20.3 Å². The first-order valence-corrected chi connectivity index (χ1v) is 12.9. The molecular formula is C28H28N4O2S. The fourth-order valence-electron chi connectivity index (χ4n) is 4.20. The standard InChI is InChI=1S/C28H28N4O2S/c1-18-5-4-7-20(15-18)26(32-22-9-12-24-19(16-22)13-14-30-27(24)29)28(33)31-17-21-6-2-3-8-25(21)35(34)23-10-11-23/h2-9,12-16,23,26,32H,10-11,17H2,1H3,(H2,29,30)(H,31,33). The summed E-state index contributed by atoms with van der Waals surface area (Å²) in [7, 11) is -1.03. The van der Waals surface area contributed by atoms with Crippen molar-refractivity contribution < 1.29 is 9.00 Å². The Bertz CT molecular complexity index is 1420. The smallest absolute Gasteiger partial charge is 0.247 e. The topological polar surface area (TPSA) is 97.1 Å². The summed E-state index contributed by atoms with van der Waals surface area (Å²) in [5.41, 5.74) is 9.63. The van der Waals surface area contributed by atoms with Crippen LogP contribution in [0.1, 0.15) is 35.6 Å². The number of pyridine rings is 1. The van der Waals surface area contributed by atoms with E-state index in [-0.39, 0.29) is 11.2 Å². The average molecular weight is 485 g/mol. The minimum Gasteiger partial charge on any atom is -0.383 e. The molecule has 1 saturated carbocycles. The van der Waals surface area contributed by atoms with Crippen molar-refractivity contribution in [1.82, 2.24) is 10.3 Å². The van der Waals surface area contributed by atoms with E-state index < -0.39 is 16.8 Å². The first-order chi connectivity index (χ1) is 17.0. The molecule has 6 nitrogen and oxygen atoms in total. The van der Waals surface area contributed by atoms with Crippen LogP contribution in [0.2, 0.25) is 0 Å². The summed E-state index contributed by atoms with van der Waals surface area (Å²) in [6.45, 7) is 2.32. The number of nitrogens with one attached hydrogen (secondary N) is 2. The Kier molecular flexibility index (Phi) is 6.51. The fourth-order valence-corrected chi connectivity index (χ4v) is 5.73. The lowest BCUT2D eigenvalue weighted by Crippen LogP contribution is -2.33. The average Bonchev–Trinajstić information content (AvgIpc) is 3.71. The maximum absolute atomic E-state index is 13.5. The van der Waals surface area contributed by atoms with E-state index in [1.54, 1.807) is 6.20 Å². The van der Waals surface area contributed by atoms with Crippen molar-refractivity contribution in [2.75, 3.05) is 11.1 Å². The summed E-state index contributed by atoms with van der Waals surface area (Å²) in [4.78, 5) is 18.5. The molecule has 1 heterocycles. The highest BCUT2D eigenvalue weighted by atomic mass is 32.2. The Morgan fingerprint density at radius 3 is 2.71 bits per heavy atom. The second-order valence-electron chi connectivity index (χ2n) is 8.95.